The van der Waals surface area contributed by atoms with Crippen LogP contribution in [0.2, 0.25) is 15.3 Å². The van der Waals surface area contributed by atoms with Crippen molar-refractivity contribution < 1.29 is 28.5 Å². The molecule has 0 radical (unpaired) electrons. The molecule has 0 aliphatic carbocycles. The van der Waals surface area contributed by atoms with Crippen molar-refractivity contribution >= 4 is 64.1 Å². The lowest BCUT2D eigenvalue weighted by molar-refractivity contribution is 0.0154. The van der Waals surface area contributed by atoms with Gasteiger partial charge >= 0.3 is 11.9 Å². The van der Waals surface area contributed by atoms with Gasteiger partial charge in [-0.15, -0.1) is 20.4 Å². The highest BCUT2D eigenvalue weighted by atomic mass is 35.5. The first-order valence-corrected chi connectivity index (χ1v) is 15.9. The van der Waals surface area contributed by atoms with Crippen LogP contribution in [0.3, 0.4) is 0 Å². The number of aromatic nitrogens is 6. The largest absolute Gasteiger partial charge is 0.461 e. The SMILES string of the molecule is CCOC(=O)c1nnc(Cl)cc1Cl.CCOC(=O)c1nnc(Cl)cc1Nc1cccc(C(C)(C)OC)n1.COC(C)(C)c1cccc(N)n1. The van der Waals surface area contributed by atoms with Gasteiger partial charge in [-0.3, -0.25) is 0 Å². The molecule has 0 atom stereocenters. The van der Waals surface area contributed by atoms with Crippen LogP contribution in [0.25, 0.3) is 0 Å². The van der Waals surface area contributed by atoms with Gasteiger partial charge in [0.2, 0.25) is 0 Å². The summed E-state index contributed by atoms with van der Waals surface area (Å²) in [6, 6.07) is 13.8. The van der Waals surface area contributed by atoms with E-state index in [2.05, 4.69) is 40.4 Å². The fraction of sp³-hybridized carbons (Fsp3) is 0.375. The number of nitrogens with one attached hydrogen (secondary N) is 1. The zero-order chi connectivity index (χ0) is 36.8. The molecule has 4 heterocycles. The van der Waals surface area contributed by atoms with Crippen molar-refractivity contribution in [3.63, 3.8) is 0 Å². The monoisotopic (exact) mass is 736 g/mol. The molecule has 0 bridgehead atoms. The fourth-order valence-electron chi connectivity index (χ4n) is 3.47. The Kier molecular flexibility index (Phi) is 16.0. The molecule has 264 valence electrons. The number of methoxy groups -OCH3 is 2. The van der Waals surface area contributed by atoms with Crippen molar-refractivity contribution in [2.45, 2.75) is 52.7 Å². The Bertz CT molecular complexity index is 1710. The number of halogens is 3. The molecule has 3 N–H and O–H groups in total. The van der Waals surface area contributed by atoms with Gasteiger partial charge in [0.15, 0.2) is 21.7 Å². The summed E-state index contributed by atoms with van der Waals surface area (Å²) in [5.74, 6) is -0.140. The predicted molar refractivity (Wildman–Crippen MR) is 187 cm³/mol. The van der Waals surface area contributed by atoms with E-state index in [0.29, 0.717) is 17.3 Å². The van der Waals surface area contributed by atoms with Gasteiger partial charge in [-0.05, 0) is 71.9 Å². The first-order chi connectivity index (χ1) is 23.1. The summed E-state index contributed by atoms with van der Waals surface area (Å²) in [6.07, 6.45) is 0. The standard InChI is InChI=1S/C16H19ClN4O3.C9H14N2O.C7H6Cl2N2O2/c1-5-24-15(22)14-10(9-12(17)20-21-14)18-13-8-6-7-11(19-13)16(2,3)23-4;1-9(2,12-3)7-5-4-6-8(10)11-7;1-2-13-7(12)6-4(8)3-5(9)10-11-6/h6-9H,5H2,1-4H3,(H,18,19,20);4-6H,1-3H3,(H2,10,11);3H,2H2,1H3. The Labute approximate surface area is 300 Å². The first kappa shape index (κ1) is 41.0. The van der Waals surface area contributed by atoms with Gasteiger partial charge in [0.1, 0.15) is 22.8 Å². The zero-order valence-electron chi connectivity index (χ0n) is 28.4. The third-order valence-corrected chi connectivity index (χ3v) is 7.11. The molecule has 0 aliphatic heterocycles. The summed E-state index contributed by atoms with van der Waals surface area (Å²) >= 11 is 17.0. The molecule has 0 aromatic carbocycles. The number of carbonyl (C=O) groups is 2. The minimum atomic E-state index is -0.600. The van der Waals surface area contributed by atoms with Gasteiger partial charge in [-0.2, -0.15) is 0 Å². The molecule has 4 aromatic heterocycles. The van der Waals surface area contributed by atoms with E-state index in [4.69, 9.17) is 54.7 Å². The van der Waals surface area contributed by atoms with Gasteiger partial charge in [0.05, 0.1) is 35.3 Å². The number of pyridine rings is 2. The van der Waals surface area contributed by atoms with Gasteiger partial charge in [-0.1, -0.05) is 46.9 Å². The Hall–Kier alpha value is -4.21. The molecule has 0 unspecified atom stereocenters. The second-order valence-electron chi connectivity index (χ2n) is 10.6. The molecule has 49 heavy (non-hydrogen) atoms. The van der Waals surface area contributed by atoms with Crippen LogP contribution >= 0.6 is 34.8 Å². The molecule has 0 spiro atoms. The first-order valence-electron chi connectivity index (χ1n) is 14.7. The highest BCUT2D eigenvalue weighted by Crippen LogP contribution is 2.26. The van der Waals surface area contributed by atoms with Crippen LogP contribution in [-0.4, -0.2) is 69.7 Å². The third kappa shape index (κ3) is 12.6. The zero-order valence-corrected chi connectivity index (χ0v) is 30.6. The molecular weight excluding hydrogens is 699 g/mol. The maximum atomic E-state index is 12.0. The molecule has 4 rings (SSSR count). The maximum Gasteiger partial charge on any atom is 0.361 e. The second-order valence-corrected chi connectivity index (χ2v) is 11.8. The van der Waals surface area contributed by atoms with Gasteiger partial charge < -0.3 is 30.0 Å². The average molecular weight is 738 g/mol. The lowest BCUT2D eigenvalue weighted by atomic mass is 10.0. The maximum absolute atomic E-state index is 12.0. The average Bonchev–Trinajstić information content (AvgIpc) is 3.06. The minimum Gasteiger partial charge on any atom is -0.461 e. The summed E-state index contributed by atoms with van der Waals surface area (Å²) in [4.78, 5) is 31.8. The fourth-order valence-corrected chi connectivity index (χ4v) is 4.04. The van der Waals surface area contributed by atoms with Crippen LogP contribution in [0.15, 0.2) is 48.5 Å². The van der Waals surface area contributed by atoms with E-state index in [1.807, 2.05) is 52.0 Å². The molecule has 0 saturated heterocycles. The lowest BCUT2D eigenvalue weighted by Crippen LogP contribution is -2.21. The highest BCUT2D eigenvalue weighted by Gasteiger charge is 2.23. The molecule has 0 amide bonds. The van der Waals surface area contributed by atoms with E-state index in [1.54, 1.807) is 40.2 Å². The molecule has 14 nitrogen and oxygen atoms in total. The Balaban J connectivity index is 0.000000281. The number of hydrogen-bond donors (Lipinski definition) is 2. The predicted octanol–water partition coefficient (Wildman–Crippen LogP) is 6.83. The molecule has 0 fully saturated rings. The number of nitrogens with two attached hydrogens (primary N) is 1. The molecular formula is C32H39Cl3N8O6. The lowest BCUT2D eigenvalue weighted by Gasteiger charge is -2.22. The Morgan fingerprint density at radius 1 is 0.735 bits per heavy atom. The molecule has 4 aromatic rings. The van der Waals surface area contributed by atoms with E-state index in [-0.39, 0.29) is 45.5 Å². The number of nitrogens with zero attached hydrogens (tertiary/aromatic N) is 6. The normalized spacial score (nSPS) is 10.9. The van der Waals surface area contributed by atoms with Gasteiger partial charge in [0.25, 0.3) is 0 Å². The van der Waals surface area contributed by atoms with Crippen molar-refractivity contribution in [3.05, 3.63) is 86.6 Å². The van der Waals surface area contributed by atoms with Gasteiger partial charge in [-0.25, -0.2) is 19.6 Å². The van der Waals surface area contributed by atoms with Crippen molar-refractivity contribution in [1.29, 1.82) is 0 Å². The van der Waals surface area contributed by atoms with Crippen molar-refractivity contribution in [1.82, 2.24) is 30.4 Å². The number of ether oxygens (including phenoxy) is 4. The summed E-state index contributed by atoms with van der Waals surface area (Å²) in [6.45, 7) is 11.6. The third-order valence-electron chi connectivity index (χ3n) is 6.46. The van der Waals surface area contributed by atoms with Crippen LogP contribution in [-0.2, 0) is 30.1 Å². The summed E-state index contributed by atoms with van der Waals surface area (Å²) in [5, 5.41) is 17.9. The van der Waals surface area contributed by atoms with E-state index in [9.17, 15) is 9.59 Å². The second kappa shape index (κ2) is 19.1. The molecule has 0 aliphatic rings. The van der Waals surface area contributed by atoms with E-state index in [0.717, 1.165) is 11.4 Å². The van der Waals surface area contributed by atoms with Crippen molar-refractivity contribution in [2.75, 3.05) is 38.5 Å². The van der Waals surface area contributed by atoms with Crippen molar-refractivity contribution in [2.24, 2.45) is 0 Å². The van der Waals surface area contributed by atoms with Crippen LogP contribution in [0.5, 0.6) is 0 Å². The van der Waals surface area contributed by atoms with Crippen LogP contribution < -0.4 is 11.1 Å². The Morgan fingerprint density at radius 2 is 1.22 bits per heavy atom. The topological polar surface area (TPSA) is 186 Å². The number of esters is 2. The van der Waals surface area contributed by atoms with Gasteiger partial charge in [0, 0.05) is 20.3 Å². The summed E-state index contributed by atoms with van der Waals surface area (Å²) in [7, 11) is 3.28. The molecule has 0 saturated carbocycles. The number of nitrogen functional groups attached to an aromatic ring is 1. The molecule has 17 heteroatoms. The van der Waals surface area contributed by atoms with Crippen molar-refractivity contribution in [3.8, 4) is 0 Å². The van der Waals surface area contributed by atoms with Crippen LogP contribution in [0.1, 0.15) is 73.9 Å². The number of rotatable bonds is 10. The van der Waals surface area contributed by atoms with E-state index >= 15 is 0 Å². The highest BCUT2D eigenvalue weighted by molar-refractivity contribution is 6.35. The minimum absolute atomic E-state index is 0.0204. The quantitative estimate of drug-likeness (QED) is 0.161. The van der Waals surface area contributed by atoms with E-state index < -0.39 is 17.5 Å². The smallest absolute Gasteiger partial charge is 0.361 e. The summed E-state index contributed by atoms with van der Waals surface area (Å²) < 4.78 is 20.4. The summed E-state index contributed by atoms with van der Waals surface area (Å²) in [5.41, 5.74) is 6.61. The van der Waals surface area contributed by atoms with E-state index in [1.165, 1.54) is 12.1 Å². The number of hydrogen-bond acceptors (Lipinski definition) is 14. The van der Waals surface area contributed by atoms with Crippen LogP contribution in [0.4, 0.5) is 17.3 Å². The van der Waals surface area contributed by atoms with Crippen LogP contribution in [0, 0.1) is 0 Å². The number of carbonyl (C=O) groups excluding carboxylic acids is 2. The number of anilines is 3. The Morgan fingerprint density at radius 3 is 1.73 bits per heavy atom.